The summed E-state index contributed by atoms with van der Waals surface area (Å²) in [6, 6.07) is 22.8. The highest BCUT2D eigenvalue weighted by Gasteiger charge is 2.39. The second-order valence-electron chi connectivity index (χ2n) is 17.8. The molecule has 5 N–H and O–H groups in total. The summed E-state index contributed by atoms with van der Waals surface area (Å²) in [6.07, 6.45) is 5.62. The number of carbonyl (C=O) groups excluding carboxylic acids is 4. The Kier molecular flexibility index (Phi) is 11.9. The topological polar surface area (TPSA) is 200 Å². The van der Waals surface area contributed by atoms with Crippen molar-refractivity contribution >= 4 is 34.7 Å². The molecule has 6 aromatic rings. The fraction of sp³-hybridized carbons (Fsp3) is 0.388. The zero-order chi connectivity index (χ0) is 45.5. The number of aliphatic hydroxyl groups is 1. The number of aromatic amines is 2. The number of hydrogen-bond acceptors (Lipinski definition) is 9. The van der Waals surface area contributed by atoms with Crippen LogP contribution in [-0.4, -0.2) is 102 Å². The number of carbonyl (C=O) groups is 4. The smallest absolute Gasteiger partial charge is 0.407 e. The third-order valence-electron chi connectivity index (χ3n) is 13.0. The highest BCUT2D eigenvalue weighted by molar-refractivity contribution is 5.93. The van der Waals surface area contributed by atoms with Crippen molar-refractivity contribution in [2.75, 3.05) is 26.8 Å². The molecule has 5 atom stereocenters. The fourth-order valence-corrected chi connectivity index (χ4v) is 9.59. The molecular formula is C49H55N9O7. The number of likely N-dealkylation sites (tertiary alicyclic amines) is 2. The maximum atomic E-state index is 13.8. The minimum absolute atomic E-state index is 0.135. The van der Waals surface area contributed by atoms with Crippen LogP contribution in [0.4, 0.5) is 4.79 Å². The third-order valence-corrected chi connectivity index (χ3v) is 13.0. The van der Waals surface area contributed by atoms with Gasteiger partial charge >= 0.3 is 6.09 Å². The van der Waals surface area contributed by atoms with Crippen LogP contribution in [0.2, 0.25) is 0 Å². The number of fused-ring (bicyclic) bond motifs is 5. The molecule has 3 aromatic heterocycles. The van der Waals surface area contributed by atoms with E-state index in [0.29, 0.717) is 24.7 Å². The fourth-order valence-electron chi connectivity index (χ4n) is 9.59. The molecule has 2 fully saturated rings. The number of imidazole rings is 2. The van der Waals surface area contributed by atoms with E-state index in [9.17, 15) is 24.3 Å². The van der Waals surface area contributed by atoms with Crippen LogP contribution in [-0.2, 0) is 19.1 Å². The van der Waals surface area contributed by atoms with Gasteiger partial charge < -0.3 is 49.5 Å². The van der Waals surface area contributed by atoms with Crippen LogP contribution in [0.25, 0.3) is 44.7 Å². The first-order valence-corrected chi connectivity index (χ1v) is 22.4. The summed E-state index contributed by atoms with van der Waals surface area (Å²) in [6.45, 7) is 7.99. The van der Waals surface area contributed by atoms with Crippen LogP contribution >= 0.6 is 0 Å². The number of H-pyrrole nitrogens is 2. The molecular weight excluding hydrogens is 827 g/mol. The molecule has 0 spiro atoms. The summed E-state index contributed by atoms with van der Waals surface area (Å²) in [5.41, 5.74) is 7.37. The van der Waals surface area contributed by atoms with Crippen molar-refractivity contribution < 1.29 is 33.8 Å². The molecule has 3 aromatic carbocycles. The Bertz CT molecular complexity index is 2740. The van der Waals surface area contributed by atoms with Gasteiger partial charge in [-0.1, -0.05) is 70.2 Å². The average Bonchev–Trinajstić information content (AvgIpc) is 4.18. The zero-order valence-corrected chi connectivity index (χ0v) is 37.2. The van der Waals surface area contributed by atoms with Gasteiger partial charge in [0.2, 0.25) is 23.9 Å². The van der Waals surface area contributed by atoms with Gasteiger partial charge in [0.25, 0.3) is 0 Å². The number of alkyl carbamates (subject to hydrolysis) is 1. The highest BCUT2D eigenvalue weighted by atomic mass is 16.5. The second kappa shape index (κ2) is 17.9. The Morgan fingerprint density at radius 3 is 1.95 bits per heavy atom. The van der Waals surface area contributed by atoms with Crippen LogP contribution in [0.15, 0.2) is 85.2 Å². The summed E-state index contributed by atoms with van der Waals surface area (Å²) in [7, 11) is 1.29. The number of aromatic nitrogens is 5. The maximum absolute atomic E-state index is 13.8. The number of rotatable bonds is 12. The van der Waals surface area contributed by atoms with E-state index in [0.717, 1.165) is 81.7 Å². The van der Waals surface area contributed by atoms with Crippen LogP contribution in [0, 0.1) is 11.8 Å². The minimum Gasteiger partial charge on any atom is -0.465 e. The van der Waals surface area contributed by atoms with Crippen molar-refractivity contribution in [3.05, 3.63) is 102 Å². The molecule has 0 radical (unpaired) electrons. The van der Waals surface area contributed by atoms with Crippen LogP contribution < -0.4 is 15.4 Å². The first-order chi connectivity index (χ1) is 31.4. The molecule has 0 aliphatic carbocycles. The van der Waals surface area contributed by atoms with Crippen molar-refractivity contribution in [1.29, 1.82) is 0 Å². The lowest BCUT2D eigenvalue weighted by atomic mass is 10.0. The lowest BCUT2D eigenvalue weighted by Crippen LogP contribution is -2.51. The van der Waals surface area contributed by atoms with Gasteiger partial charge in [0, 0.05) is 40.7 Å². The number of amides is 4. The lowest BCUT2D eigenvalue weighted by molar-refractivity contribution is -0.139. The van der Waals surface area contributed by atoms with Gasteiger partial charge in [-0.15, -0.1) is 0 Å². The number of benzene rings is 3. The Balaban J connectivity index is 1.00. The van der Waals surface area contributed by atoms with Crippen LogP contribution in [0.3, 0.4) is 0 Å². The van der Waals surface area contributed by atoms with Gasteiger partial charge in [-0.2, -0.15) is 0 Å². The SMILES string of the molecule is COC(=O)NC(C(=O)N1CCC[C@H]1c1ncc(-c2ccc3c(c2)OC(c2ccccc2)n2c-3cc3cc(-c4cnc([C@@H]5CCCN5C(=O)[C@@H](NC(=O)CO)C(C)C)[nH]4)ccc32)[nH]1)C(C)C. The molecule has 6 heterocycles. The van der Waals surface area contributed by atoms with E-state index in [4.69, 9.17) is 19.4 Å². The molecule has 16 nitrogen and oxygen atoms in total. The van der Waals surface area contributed by atoms with Crippen molar-refractivity contribution in [1.82, 2.24) is 44.9 Å². The Hall–Kier alpha value is -6.94. The standard InChI is InChI=1S/C49H55N9O7/c1-27(2)42(54-41(60)26-59)46(61)56-19-9-13-37(56)44-50-24-34(52-44)30-16-18-36-32(21-30)22-39-33-17-15-31(23-40(33)65-48(58(36)39)29-11-7-6-8-12-29)35-25-51-45(53-35)38-14-10-20-57(38)47(62)43(28(3)4)55-49(63)64-5/h6-8,11-12,15-18,21-25,27-28,37-38,42-43,48,59H,9-10,13-14,19-20,26H2,1-5H3,(H,50,52)(H,51,53)(H,54,60)(H,55,63)/t37-,38-,42-,43?,48?/m0/s1. The van der Waals surface area contributed by atoms with Crippen LogP contribution in [0.5, 0.6) is 5.75 Å². The second-order valence-corrected chi connectivity index (χ2v) is 17.8. The predicted molar refractivity (Wildman–Crippen MR) is 243 cm³/mol. The van der Waals surface area contributed by atoms with E-state index in [1.54, 1.807) is 22.2 Å². The first-order valence-electron chi connectivity index (χ1n) is 22.4. The van der Waals surface area contributed by atoms with E-state index >= 15 is 0 Å². The van der Waals surface area contributed by atoms with Crippen molar-refractivity contribution in [2.24, 2.45) is 11.8 Å². The van der Waals surface area contributed by atoms with Crippen molar-refractivity contribution in [2.45, 2.75) is 83.8 Å². The Morgan fingerprint density at radius 2 is 1.37 bits per heavy atom. The molecule has 338 valence electrons. The van der Waals surface area contributed by atoms with Gasteiger partial charge in [0.05, 0.1) is 54.2 Å². The van der Waals surface area contributed by atoms with Crippen molar-refractivity contribution in [3.63, 3.8) is 0 Å². The predicted octanol–water partition coefficient (Wildman–Crippen LogP) is 6.87. The molecule has 2 saturated heterocycles. The molecule has 0 bridgehead atoms. The lowest BCUT2D eigenvalue weighted by Gasteiger charge is -2.30. The number of nitrogens with one attached hydrogen (secondary N) is 4. The van der Waals surface area contributed by atoms with Gasteiger partial charge in [-0.3, -0.25) is 14.4 Å². The van der Waals surface area contributed by atoms with E-state index in [1.807, 2.05) is 52.0 Å². The van der Waals surface area contributed by atoms with Gasteiger partial charge in [-0.05, 0) is 67.9 Å². The summed E-state index contributed by atoms with van der Waals surface area (Å²) < 4.78 is 14.0. The number of ether oxygens (including phenoxy) is 2. The molecule has 3 aliphatic rings. The number of nitrogens with zero attached hydrogens (tertiary/aromatic N) is 5. The Labute approximate surface area is 376 Å². The Morgan fingerprint density at radius 1 is 0.785 bits per heavy atom. The molecule has 3 aliphatic heterocycles. The van der Waals surface area contributed by atoms with E-state index in [1.165, 1.54) is 7.11 Å². The molecule has 0 saturated carbocycles. The molecule has 65 heavy (non-hydrogen) atoms. The van der Waals surface area contributed by atoms with Gasteiger partial charge in [0.1, 0.15) is 36.1 Å². The van der Waals surface area contributed by atoms with Crippen LogP contribution in [0.1, 0.15) is 88.9 Å². The summed E-state index contributed by atoms with van der Waals surface area (Å²) >= 11 is 0. The average molecular weight is 882 g/mol. The van der Waals surface area contributed by atoms with E-state index < -0.39 is 36.9 Å². The van der Waals surface area contributed by atoms with E-state index in [-0.39, 0.29) is 35.7 Å². The normalized spacial score (nSPS) is 18.9. The summed E-state index contributed by atoms with van der Waals surface area (Å²) in [4.78, 5) is 71.8. The van der Waals surface area contributed by atoms with Gasteiger partial charge in [-0.25, -0.2) is 14.8 Å². The van der Waals surface area contributed by atoms with Gasteiger partial charge in [0.15, 0.2) is 0 Å². The quantitative estimate of drug-likeness (QED) is 0.0871. The first kappa shape index (κ1) is 43.3. The third kappa shape index (κ3) is 8.22. The number of hydrogen-bond donors (Lipinski definition) is 5. The molecule has 2 unspecified atom stereocenters. The largest absolute Gasteiger partial charge is 0.465 e. The zero-order valence-electron chi connectivity index (χ0n) is 37.2. The number of aliphatic hydroxyl groups excluding tert-OH is 1. The number of methoxy groups -OCH3 is 1. The minimum atomic E-state index is -0.749. The summed E-state index contributed by atoms with van der Waals surface area (Å²) in [5, 5.41) is 15.8. The molecule has 9 rings (SSSR count). The summed E-state index contributed by atoms with van der Waals surface area (Å²) in [5.74, 6) is 0.876. The van der Waals surface area contributed by atoms with E-state index in [2.05, 4.69) is 73.7 Å². The molecule has 4 amide bonds. The maximum Gasteiger partial charge on any atom is 0.407 e. The molecule has 16 heteroatoms. The highest BCUT2D eigenvalue weighted by Crippen LogP contribution is 2.46. The monoisotopic (exact) mass is 881 g/mol. The van der Waals surface area contributed by atoms with Crippen molar-refractivity contribution in [3.8, 4) is 39.5 Å².